The number of rotatable bonds is 7. The van der Waals surface area contributed by atoms with Crippen LogP contribution in [0.25, 0.3) is 0 Å². The fourth-order valence-electron chi connectivity index (χ4n) is 3.81. The first-order valence-electron chi connectivity index (χ1n) is 10.1. The van der Waals surface area contributed by atoms with Crippen LogP contribution < -0.4 is 20.1 Å². The van der Waals surface area contributed by atoms with Gasteiger partial charge in [-0.2, -0.15) is 0 Å². The molecule has 0 fully saturated rings. The lowest BCUT2D eigenvalue weighted by molar-refractivity contribution is 0.169. The smallest absolute Gasteiger partial charge is 0.177 e. The Hall–Kier alpha value is -2.16. The van der Waals surface area contributed by atoms with Gasteiger partial charge in [0.05, 0.1) is 10.6 Å². The van der Waals surface area contributed by atoms with E-state index in [-0.39, 0.29) is 16.5 Å². The lowest BCUT2D eigenvalue weighted by Crippen LogP contribution is -2.29. The van der Waals surface area contributed by atoms with Crippen molar-refractivity contribution >= 4 is 32.8 Å². The Morgan fingerprint density at radius 2 is 1.81 bits per heavy atom. The number of anilines is 2. The molecule has 1 aliphatic rings. The van der Waals surface area contributed by atoms with Crippen LogP contribution in [0, 0.1) is 0 Å². The van der Waals surface area contributed by atoms with E-state index in [1.54, 1.807) is 12.1 Å². The van der Waals surface area contributed by atoms with Gasteiger partial charge in [0.25, 0.3) is 0 Å². The molecule has 31 heavy (non-hydrogen) atoms. The number of hydrogen-bond donors (Lipinski definition) is 1. The molecular weight excluding hydrogens is 438 g/mol. The summed E-state index contributed by atoms with van der Waals surface area (Å²) in [6, 6.07) is 6.96. The zero-order valence-electron chi connectivity index (χ0n) is 18.6. The second-order valence-corrected chi connectivity index (χ2v) is 10.6. The number of sulfone groups is 1. The number of nitrogen functional groups attached to an aromatic ring is 1. The Bertz CT molecular complexity index is 1070. The molecule has 1 unspecified atom stereocenters. The van der Waals surface area contributed by atoms with Crippen LogP contribution in [-0.2, 0) is 9.84 Å². The molecule has 0 bridgehead atoms. The summed E-state index contributed by atoms with van der Waals surface area (Å²) in [5.74, 6) is 0.919. The van der Waals surface area contributed by atoms with Crippen LogP contribution in [0.5, 0.6) is 11.5 Å². The predicted molar refractivity (Wildman–Crippen MR) is 126 cm³/mol. The van der Waals surface area contributed by atoms with Gasteiger partial charge >= 0.3 is 0 Å². The first-order chi connectivity index (χ1) is 14.5. The predicted octanol–water partition coefficient (Wildman–Crippen LogP) is 3.25. The van der Waals surface area contributed by atoms with Gasteiger partial charge in [-0.15, -0.1) is 0 Å². The average Bonchev–Trinajstić information content (AvgIpc) is 2.69. The average molecular weight is 468 g/mol. The fraction of sp³-hybridized carbons (Fsp3) is 0.455. The quantitative estimate of drug-likeness (QED) is 0.625. The molecule has 0 amide bonds. The monoisotopic (exact) mass is 467 g/mol. The SMILES string of the molecule is CC(c1cc(Cl)cc2c1OCCO2)c1c(N(C)CCN(C)C)ccc(S(C)(=O)=O)c1N. The zero-order chi connectivity index (χ0) is 22.9. The van der Waals surface area contributed by atoms with Gasteiger partial charge in [-0.05, 0) is 32.3 Å². The maximum atomic E-state index is 12.4. The van der Waals surface area contributed by atoms with Crippen molar-refractivity contribution in [3.63, 3.8) is 0 Å². The molecule has 2 aromatic carbocycles. The first kappa shape index (κ1) is 23.5. The van der Waals surface area contributed by atoms with Crippen molar-refractivity contribution < 1.29 is 17.9 Å². The number of benzene rings is 2. The van der Waals surface area contributed by atoms with Crippen molar-refractivity contribution in [3.05, 3.63) is 40.4 Å². The highest BCUT2D eigenvalue weighted by molar-refractivity contribution is 7.90. The summed E-state index contributed by atoms with van der Waals surface area (Å²) in [5, 5.41) is 0.520. The molecule has 0 aromatic heterocycles. The van der Waals surface area contributed by atoms with Crippen molar-refractivity contribution in [3.8, 4) is 11.5 Å². The number of likely N-dealkylation sites (N-methyl/N-ethyl adjacent to an activating group) is 2. The number of nitrogens with zero attached hydrogens (tertiary/aromatic N) is 2. The van der Waals surface area contributed by atoms with Crippen LogP contribution in [-0.4, -0.2) is 67.0 Å². The summed E-state index contributed by atoms with van der Waals surface area (Å²) < 4.78 is 36.4. The Kier molecular flexibility index (Phi) is 6.93. The third-order valence-electron chi connectivity index (χ3n) is 5.45. The van der Waals surface area contributed by atoms with Crippen LogP contribution in [0.4, 0.5) is 11.4 Å². The Balaban J connectivity index is 2.19. The minimum atomic E-state index is -3.50. The number of nitrogens with two attached hydrogens (primary N) is 1. The van der Waals surface area contributed by atoms with E-state index < -0.39 is 9.84 Å². The molecule has 2 N–H and O–H groups in total. The van der Waals surface area contributed by atoms with E-state index in [1.165, 1.54) is 6.26 Å². The van der Waals surface area contributed by atoms with Crippen LogP contribution in [0.1, 0.15) is 24.0 Å². The molecule has 170 valence electrons. The Morgan fingerprint density at radius 1 is 1.13 bits per heavy atom. The summed E-state index contributed by atoms with van der Waals surface area (Å²) in [7, 11) is 2.49. The van der Waals surface area contributed by atoms with Crippen molar-refractivity contribution in [2.24, 2.45) is 0 Å². The molecule has 0 saturated heterocycles. The van der Waals surface area contributed by atoms with Gasteiger partial charge in [0, 0.05) is 60.2 Å². The highest BCUT2D eigenvalue weighted by Gasteiger charge is 2.28. The number of ether oxygens (including phenoxy) is 2. The topological polar surface area (TPSA) is 85.1 Å². The second kappa shape index (κ2) is 9.14. The van der Waals surface area contributed by atoms with Crippen molar-refractivity contribution in [2.75, 3.05) is 64.3 Å². The molecule has 1 heterocycles. The van der Waals surface area contributed by atoms with Gasteiger partial charge in [-0.25, -0.2) is 8.42 Å². The van der Waals surface area contributed by atoms with E-state index in [1.807, 2.05) is 40.2 Å². The molecule has 7 nitrogen and oxygen atoms in total. The van der Waals surface area contributed by atoms with Crippen LogP contribution in [0.3, 0.4) is 0 Å². The van der Waals surface area contributed by atoms with E-state index >= 15 is 0 Å². The number of halogens is 1. The number of fused-ring (bicyclic) bond motifs is 1. The maximum absolute atomic E-state index is 12.4. The molecule has 2 aromatic rings. The van der Waals surface area contributed by atoms with Crippen molar-refractivity contribution in [1.82, 2.24) is 4.90 Å². The first-order valence-corrected chi connectivity index (χ1v) is 12.3. The lowest BCUT2D eigenvalue weighted by atomic mass is 9.89. The third kappa shape index (κ3) is 5.02. The molecule has 3 rings (SSSR count). The molecule has 0 spiro atoms. The molecular formula is C22H30ClN3O4S. The maximum Gasteiger partial charge on any atom is 0.177 e. The standard InChI is InChI=1S/C22H30ClN3O4S/c1-14(16-12-15(23)13-18-22(16)30-11-10-29-18)20-17(26(4)9-8-25(2)3)6-7-19(21(20)24)31(5,27)28/h6-7,12-14H,8-11,24H2,1-5H3. The van der Waals surface area contributed by atoms with Gasteiger partial charge in [0.1, 0.15) is 13.2 Å². The van der Waals surface area contributed by atoms with E-state index in [2.05, 4.69) is 9.80 Å². The van der Waals surface area contributed by atoms with Crippen LogP contribution in [0.2, 0.25) is 5.02 Å². The van der Waals surface area contributed by atoms with Gasteiger partial charge < -0.3 is 25.0 Å². The van der Waals surface area contributed by atoms with Gasteiger partial charge in [-0.1, -0.05) is 18.5 Å². The summed E-state index contributed by atoms with van der Waals surface area (Å²) in [6.45, 7) is 4.44. The zero-order valence-corrected chi connectivity index (χ0v) is 20.2. The second-order valence-electron chi connectivity index (χ2n) is 8.15. The highest BCUT2D eigenvalue weighted by Crippen LogP contribution is 2.46. The minimum absolute atomic E-state index is 0.118. The van der Waals surface area contributed by atoms with Gasteiger partial charge in [0.15, 0.2) is 21.3 Å². The van der Waals surface area contributed by atoms with Crippen LogP contribution in [0.15, 0.2) is 29.2 Å². The Morgan fingerprint density at radius 3 is 2.45 bits per heavy atom. The van der Waals surface area contributed by atoms with Crippen LogP contribution >= 0.6 is 11.6 Å². The summed E-state index contributed by atoms with van der Waals surface area (Å²) in [5.41, 5.74) is 9.14. The Labute approximate surface area is 189 Å². The fourth-order valence-corrected chi connectivity index (χ4v) is 4.85. The molecule has 0 aliphatic carbocycles. The van der Waals surface area contributed by atoms with E-state index in [0.717, 1.165) is 29.9 Å². The highest BCUT2D eigenvalue weighted by atomic mass is 35.5. The summed E-state index contributed by atoms with van der Waals surface area (Å²) in [6.07, 6.45) is 1.17. The number of hydrogen-bond acceptors (Lipinski definition) is 7. The molecule has 9 heteroatoms. The van der Waals surface area contributed by atoms with E-state index in [4.69, 9.17) is 26.8 Å². The van der Waals surface area contributed by atoms with Gasteiger partial charge in [-0.3, -0.25) is 0 Å². The molecule has 0 radical (unpaired) electrons. The van der Waals surface area contributed by atoms with Crippen molar-refractivity contribution in [2.45, 2.75) is 17.7 Å². The normalized spacial score (nSPS) is 14.5. The van der Waals surface area contributed by atoms with Crippen molar-refractivity contribution in [1.29, 1.82) is 0 Å². The third-order valence-corrected chi connectivity index (χ3v) is 6.83. The van der Waals surface area contributed by atoms with Gasteiger partial charge in [0.2, 0.25) is 0 Å². The van der Waals surface area contributed by atoms with E-state index in [0.29, 0.717) is 29.7 Å². The van der Waals surface area contributed by atoms with E-state index in [9.17, 15) is 8.42 Å². The molecule has 1 atom stereocenters. The largest absolute Gasteiger partial charge is 0.486 e. The molecule has 1 aliphatic heterocycles. The lowest BCUT2D eigenvalue weighted by Gasteiger charge is -2.30. The summed E-state index contributed by atoms with van der Waals surface area (Å²) >= 11 is 6.37. The molecule has 0 saturated carbocycles. The minimum Gasteiger partial charge on any atom is -0.486 e. The summed E-state index contributed by atoms with van der Waals surface area (Å²) in [4.78, 5) is 4.29.